The lowest BCUT2D eigenvalue weighted by molar-refractivity contribution is -0.384. The van der Waals surface area contributed by atoms with Crippen LogP contribution >= 0.6 is 0 Å². The number of nitrogens with zero attached hydrogens (tertiary/aromatic N) is 2. The van der Waals surface area contributed by atoms with Crippen molar-refractivity contribution in [3.05, 3.63) is 28.3 Å². The number of hydrogen-bond donors (Lipinski definition) is 2. The lowest BCUT2D eigenvalue weighted by atomic mass is 9.79. The van der Waals surface area contributed by atoms with Crippen molar-refractivity contribution in [2.24, 2.45) is 5.14 Å². The summed E-state index contributed by atoms with van der Waals surface area (Å²) in [7, 11) is -2.19. The number of nitrogens with one attached hydrogen (secondary N) is 1. The van der Waals surface area contributed by atoms with Crippen LogP contribution in [0.5, 0.6) is 0 Å². The number of nitrogens with two attached hydrogens (primary N) is 1. The molecule has 2 rings (SSSR count). The molecule has 0 unspecified atom stereocenters. The maximum absolute atomic E-state index is 11.5. The predicted molar refractivity (Wildman–Crippen MR) is 97.2 cm³/mol. The van der Waals surface area contributed by atoms with Crippen LogP contribution in [-0.4, -0.2) is 37.5 Å². The molecule has 1 fully saturated rings. The van der Waals surface area contributed by atoms with Crippen molar-refractivity contribution in [2.75, 3.05) is 11.9 Å². The van der Waals surface area contributed by atoms with Gasteiger partial charge in [0.1, 0.15) is 5.69 Å². The Morgan fingerprint density at radius 2 is 1.76 bits per heavy atom. The fraction of sp³-hybridized carbons (Fsp3) is 0.625. The maximum Gasteiger partial charge on any atom is 0.293 e. The number of benzene rings is 1. The second-order valence-electron chi connectivity index (χ2n) is 8.02. The average Bonchev–Trinajstić information content (AvgIpc) is 2.41. The zero-order valence-corrected chi connectivity index (χ0v) is 16.1. The molecule has 1 heterocycles. The molecule has 8 nitrogen and oxygen atoms in total. The Bertz CT molecular complexity index is 773. The van der Waals surface area contributed by atoms with Gasteiger partial charge in [-0.15, -0.1) is 0 Å². The van der Waals surface area contributed by atoms with Crippen LogP contribution < -0.4 is 15.4 Å². The Balaban J connectivity index is 2.45. The summed E-state index contributed by atoms with van der Waals surface area (Å²) < 4.78 is 23.0. The Labute approximate surface area is 148 Å². The third-order valence-electron chi connectivity index (χ3n) is 4.57. The summed E-state index contributed by atoms with van der Waals surface area (Å²) in [4.78, 5) is 12.5. The largest absolute Gasteiger partial charge is 0.366 e. The van der Waals surface area contributed by atoms with Crippen molar-refractivity contribution < 1.29 is 13.3 Å². The van der Waals surface area contributed by atoms with E-state index in [0.717, 1.165) is 18.9 Å². The third-order valence-corrected chi connectivity index (χ3v) is 5.48. The molecule has 1 aliphatic rings. The van der Waals surface area contributed by atoms with E-state index in [0.29, 0.717) is 5.69 Å². The molecule has 0 spiro atoms. The number of rotatable bonds is 4. The second-order valence-corrected chi connectivity index (χ2v) is 9.58. The molecule has 1 aromatic carbocycles. The quantitative estimate of drug-likeness (QED) is 0.618. The van der Waals surface area contributed by atoms with Crippen molar-refractivity contribution in [1.82, 2.24) is 5.32 Å². The van der Waals surface area contributed by atoms with Gasteiger partial charge in [0, 0.05) is 30.2 Å². The van der Waals surface area contributed by atoms with Crippen LogP contribution in [0, 0.1) is 10.1 Å². The molecule has 0 aliphatic carbocycles. The fourth-order valence-corrected chi connectivity index (χ4v) is 4.40. The lowest BCUT2D eigenvalue weighted by Gasteiger charge is -2.49. The van der Waals surface area contributed by atoms with E-state index >= 15 is 0 Å². The summed E-state index contributed by atoms with van der Waals surface area (Å²) in [5, 5.41) is 20.1. The summed E-state index contributed by atoms with van der Waals surface area (Å²) >= 11 is 0. The van der Waals surface area contributed by atoms with Crippen LogP contribution in [-0.2, 0) is 10.0 Å². The summed E-state index contributed by atoms with van der Waals surface area (Å²) in [5.74, 6) is 0. The van der Waals surface area contributed by atoms with Crippen molar-refractivity contribution in [3.63, 3.8) is 0 Å². The smallest absolute Gasteiger partial charge is 0.293 e. The van der Waals surface area contributed by atoms with Gasteiger partial charge in [0.05, 0.1) is 9.82 Å². The molecule has 0 atom stereocenters. The minimum atomic E-state index is -4.00. The lowest BCUT2D eigenvalue weighted by Crippen LogP contribution is -2.61. The van der Waals surface area contributed by atoms with E-state index in [2.05, 4.69) is 33.0 Å². The van der Waals surface area contributed by atoms with Gasteiger partial charge in [0.2, 0.25) is 10.0 Å². The van der Waals surface area contributed by atoms with Gasteiger partial charge in [-0.1, -0.05) is 0 Å². The summed E-state index contributed by atoms with van der Waals surface area (Å²) in [6.45, 7) is 8.42. The third kappa shape index (κ3) is 4.47. The SMILES string of the molecule is CN(c1ccc(S(N)(=O)=O)cc1[N+](=O)[O-])C1CC(C)(C)NC(C)(C)C1. The molecular weight excluding hydrogens is 344 g/mol. The maximum atomic E-state index is 11.5. The molecule has 0 bridgehead atoms. The number of sulfonamides is 1. The van der Waals surface area contributed by atoms with Crippen molar-refractivity contribution in [3.8, 4) is 0 Å². The molecule has 0 amide bonds. The molecule has 1 aliphatic heterocycles. The zero-order valence-electron chi connectivity index (χ0n) is 15.2. The molecule has 9 heteroatoms. The minimum Gasteiger partial charge on any atom is -0.366 e. The first kappa shape index (κ1) is 19.6. The molecule has 1 saturated heterocycles. The van der Waals surface area contributed by atoms with Crippen LogP contribution in [0.25, 0.3) is 0 Å². The van der Waals surface area contributed by atoms with E-state index in [1.807, 2.05) is 4.90 Å². The first-order chi connectivity index (χ1) is 11.2. The van der Waals surface area contributed by atoms with Crippen LogP contribution in [0.1, 0.15) is 40.5 Å². The van der Waals surface area contributed by atoms with Gasteiger partial charge in [0.15, 0.2) is 0 Å². The van der Waals surface area contributed by atoms with Gasteiger partial charge >= 0.3 is 0 Å². The van der Waals surface area contributed by atoms with Gasteiger partial charge in [-0.25, -0.2) is 13.6 Å². The van der Waals surface area contributed by atoms with Gasteiger partial charge in [-0.05, 0) is 52.7 Å². The number of piperidine rings is 1. The number of nitro benzene ring substituents is 1. The number of primary sulfonamides is 1. The molecular formula is C16H26N4O4S. The monoisotopic (exact) mass is 370 g/mol. The van der Waals surface area contributed by atoms with E-state index in [1.54, 1.807) is 7.05 Å². The highest BCUT2D eigenvalue weighted by atomic mass is 32.2. The van der Waals surface area contributed by atoms with Gasteiger partial charge < -0.3 is 10.2 Å². The zero-order chi connectivity index (χ0) is 19.2. The van der Waals surface area contributed by atoms with Crippen LogP contribution in [0.3, 0.4) is 0 Å². The Morgan fingerprint density at radius 1 is 1.24 bits per heavy atom. The summed E-state index contributed by atoms with van der Waals surface area (Å²) in [6, 6.07) is 3.87. The predicted octanol–water partition coefficient (Wildman–Crippen LogP) is 1.99. The molecule has 140 valence electrons. The average molecular weight is 370 g/mol. The second kappa shape index (κ2) is 6.22. The highest BCUT2D eigenvalue weighted by Crippen LogP contribution is 2.37. The van der Waals surface area contributed by atoms with Gasteiger partial charge in [-0.2, -0.15) is 0 Å². The standard InChI is InChI=1S/C16H26N4O4S/c1-15(2)9-11(10-16(3,4)18-15)19(5)13-7-6-12(25(17,23)24)8-14(13)20(21)22/h6-8,11,18H,9-10H2,1-5H3,(H2,17,23,24). The highest BCUT2D eigenvalue weighted by molar-refractivity contribution is 7.89. The van der Waals surface area contributed by atoms with Crippen molar-refractivity contribution >= 4 is 21.4 Å². The van der Waals surface area contributed by atoms with E-state index in [9.17, 15) is 18.5 Å². The van der Waals surface area contributed by atoms with E-state index < -0.39 is 14.9 Å². The van der Waals surface area contributed by atoms with Crippen molar-refractivity contribution in [1.29, 1.82) is 0 Å². The molecule has 1 aromatic rings. The summed E-state index contributed by atoms with van der Waals surface area (Å²) in [5.41, 5.74) is -0.106. The molecule has 3 N–H and O–H groups in total. The van der Waals surface area contributed by atoms with E-state index in [4.69, 9.17) is 5.14 Å². The van der Waals surface area contributed by atoms with Crippen LogP contribution in [0.15, 0.2) is 23.1 Å². The van der Waals surface area contributed by atoms with E-state index in [1.165, 1.54) is 12.1 Å². The van der Waals surface area contributed by atoms with E-state index in [-0.39, 0.29) is 27.7 Å². The first-order valence-electron chi connectivity index (χ1n) is 8.05. The van der Waals surface area contributed by atoms with Gasteiger partial charge in [-0.3, -0.25) is 10.1 Å². The molecule has 0 radical (unpaired) electrons. The number of anilines is 1. The topological polar surface area (TPSA) is 119 Å². The summed E-state index contributed by atoms with van der Waals surface area (Å²) in [6.07, 6.45) is 1.61. The fourth-order valence-electron chi connectivity index (χ4n) is 3.86. The Hall–Kier alpha value is -1.71. The normalized spacial score (nSPS) is 20.2. The number of nitro groups is 1. The Morgan fingerprint density at radius 3 is 2.20 bits per heavy atom. The Kier molecular flexibility index (Phi) is 4.88. The molecule has 0 aromatic heterocycles. The van der Waals surface area contributed by atoms with Gasteiger partial charge in [0.25, 0.3) is 5.69 Å². The highest BCUT2D eigenvalue weighted by Gasteiger charge is 2.40. The minimum absolute atomic E-state index is 0.0743. The van der Waals surface area contributed by atoms with Crippen LogP contribution in [0.2, 0.25) is 0 Å². The van der Waals surface area contributed by atoms with Crippen molar-refractivity contribution in [2.45, 2.75) is 62.6 Å². The first-order valence-corrected chi connectivity index (χ1v) is 9.60. The number of hydrogen-bond acceptors (Lipinski definition) is 6. The molecule has 0 saturated carbocycles. The van der Waals surface area contributed by atoms with Crippen LogP contribution in [0.4, 0.5) is 11.4 Å². The molecule has 25 heavy (non-hydrogen) atoms.